The zero-order valence-corrected chi connectivity index (χ0v) is 14.5. The first-order chi connectivity index (χ1) is 10.9. The maximum absolute atomic E-state index is 11.9. The third kappa shape index (κ3) is 5.01. The maximum atomic E-state index is 11.9. The van der Waals surface area contributed by atoms with E-state index in [1.165, 1.54) is 24.3 Å². The SMILES string of the molecule is O=C(CNC(=O)c1ccc(Cl)c(Cl)c1)Nc1ccc(Cl)c(Cl)c1. The molecule has 2 aromatic carbocycles. The molecule has 0 saturated carbocycles. The van der Waals surface area contributed by atoms with Crippen LogP contribution in [0.2, 0.25) is 20.1 Å². The monoisotopic (exact) mass is 390 g/mol. The average molecular weight is 392 g/mol. The number of hydrogen-bond donors (Lipinski definition) is 2. The summed E-state index contributed by atoms with van der Waals surface area (Å²) in [5.41, 5.74) is 0.787. The van der Waals surface area contributed by atoms with Crippen molar-refractivity contribution in [2.45, 2.75) is 0 Å². The molecule has 0 saturated heterocycles. The molecule has 0 atom stereocenters. The van der Waals surface area contributed by atoms with Gasteiger partial charge in [0.2, 0.25) is 5.91 Å². The fourth-order valence-electron chi connectivity index (χ4n) is 1.68. The van der Waals surface area contributed by atoms with Crippen LogP contribution in [0, 0.1) is 0 Å². The van der Waals surface area contributed by atoms with Gasteiger partial charge in [0.15, 0.2) is 0 Å². The molecular formula is C15H10Cl4N2O2. The van der Waals surface area contributed by atoms with E-state index in [9.17, 15) is 9.59 Å². The molecule has 0 aliphatic heterocycles. The zero-order valence-electron chi connectivity index (χ0n) is 11.5. The molecule has 0 fully saturated rings. The van der Waals surface area contributed by atoms with E-state index >= 15 is 0 Å². The van der Waals surface area contributed by atoms with Crippen molar-refractivity contribution in [3.63, 3.8) is 0 Å². The lowest BCUT2D eigenvalue weighted by molar-refractivity contribution is -0.115. The van der Waals surface area contributed by atoms with Gasteiger partial charge in [-0.2, -0.15) is 0 Å². The Kier molecular flexibility index (Phi) is 6.13. The summed E-state index contributed by atoms with van der Waals surface area (Å²) in [5, 5.41) is 6.39. The van der Waals surface area contributed by atoms with E-state index < -0.39 is 11.8 Å². The third-order valence-corrected chi connectivity index (χ3v) is 4.27. The van der Waals surface area contributed by atoms with Gasteiger partial charge in [-0.15, -0.1) is 0 Å². The van der Waals surface area contributed by atoms with Crippen LogP contribution in [0.5, 0.6) is 0 Å². The molecule has 0 aliphatic carbocycles. The van der Waals surface area contributed by atoms with E-state index in [0.717, 1.165) is 0 Å². The van der Waals surface area contributed by atoms with E-state index in [2.05, 4.69) is 10.6 Å². The minimum Gasteiger partial charge on any atom is -0.343 e. The number of hydrogen-bond acceptors (Lipinski definition) is 2. The molecule has 0 aliphatic rings. The number of nitrogens with one attached hydrogen (secondary N) is 2. The highest BCUT2D eigenvalue weighted by Crippen LogP contribution is 2.25. The van der Waals surface area contributed by atoms with Crippen LogP contribution < -0.4 is 10.6 Å². The van der Waals surface area contributed by atoms with E-state index in [4.69, 9.17) is 46.4 Å². The second-order valence-corrected chi connectivity index (χ2v) is 6.12. The molecule has 120 valence electrons. The van der Waals surface area contributed by atoms with Crippen molar-refractivity contribution in [3.05, 3.63) is 62.1 Å². The predicted molar refractivity (Wildman–Crippen MR) is 93.9 cm³/mol. The van der Waals surface area contributed by atoms with Crippen LogP contribution in [-0.4, -0.2) is 18.4 Å². The summed E-state index contributed by atoms with van der Waals surface area (Å²) < 4.78 is 0. The second-order valence-electron chi connectivity index (χ2n) is 4.49. The van der Waals surface area contributed by atoms with E-state index in [1.54, 1.807) is 12.1 Å². The van der Waals surface area contributed by atoms with Gasteiger partial charge in [-0.25, -0.2) is 0 Å². The van der Waals surface area contributed by atoms with Gasteiger partial charge in [0.25, 0.3) is 5.91 Å². The predicted octanol–water partition coefficient (Wildman–Crippen LogP) is 4.67. The lowest BCUT2D eigenvalue weighted by atomic mass is 10.2. The van der Waals surface area contributed by atoms with Gasteiger partial charge in [0, 0.05) is 11.3 Å². The Labute approximate surface area is 152 Å². The quantitative estimate of drug-likeness (QED) is 0.795. The fraction of sp³-hybridized carbons (Fsp3) is 0.0667. The molecule has 0 bridgehead atoms. The van der Waals surface area contributed by atoms with Crippen LogP contribution in [0.25, 0.3) is 0 Å². The Hall–Kier alpha value is -1.46. The number of amides is 2. The molecule has 2 N–H and O–H groups in total. The normalized spacial score (nSPS) is 10.3. The van der Waals surface area contributed by atoms with Crippen LogP contribution in [-0.2, 0) is 4.79 Å². The second kappa shape index (κ2) is 7.88. The van der Waals surface area contributed by atoms with Crippen LogP contribution >= 0.6 is 46.4 Å². The maximum Gasteiger partial charge on any atom is 0.251 e. The molecule has 0 aromatic heterocycles. The van der Waals surface area contributed by atoms with Gasteiger partial charge in [-0.1, -0.05) is 46.4 Å². The molecule has 0 unspecified atom stereocenters. The van der Waals surface area contributed by atoms with Gasteiger partial charge >= 0.3 is 0 Å². The highest BCUT2D eigenvalue weighted by Gasteiger charge is 2.10. The molecule has 2 aromatic rings. The fourth-order valence-corrected chi connectivity index (χ4v) is 2.28. The van der Waals surface area contributed by atoms with Crippen LogP contribution in [0.15, 0.2) is 36.4 Å². The molecule has 2 amide bonds. The molecule has 2 rings (SSSR count). The van der Waals surface area contributed by atoms with Crippen molar-refractivity contribution in [3.8, 4) is 0 Å². The number of rotatable bonds is 4. The first-order valence-corrected chi connectivity index (χ1v) is 7.86. The van der Waals surface area contributed by atoms with Crippen molar-refractivity contribution >= 4 is 63.9 Å². The average Bonchev–Trinajstić information content (AvgIpc) is 2.51. The third-order valence-electron chi connectivity index (χ3n) is 2.79. The Morgan fingerprint density at radius 3 is 2.04 bits per heavy atom. The van der Waals surface area contributed by atoms with Gasteiger partial charge in [-0.05, 0) is 36.4 Å². The first-order valence-electron chi connectivity index (χ1n) is 6.35. The minimum atomic E-state index is -0.437. The number of carbonyl (C=O) groups excluding carboxylic acids is 2. The molecular weight excluding hydrogens is 382 g/mol. The van der Waals surface area contributed by atoms with E-state index in [-0.39, 0.29) is 11.6 Å². The first kappa shape index (κ1) is 17.9. The summed E-state index contributed by atoms with van der Waals surface area (Å²) in [5.74, 6) is -0.843. The molecule has 0 heterocycles. The number of halogens is 4. The number of benzene rings is 2. The Morgan fingerprint density at radius 1 is 0.826 bits per heavy atom. The highest BCUT2D eigenvalue weighted by atomic mass is 35.5. The molecule has 23 heavy (non-hydrogen) atoms. The standard InChI is InChI=1S/C15H10Cl4N2O2/c16-10-3-1-8(5-12(10)18)15(23)20-7-14(22)21-9-2-4-11(17)13(19)6-9/h1-6H,7H2,(H,20,23)(H,21,22). The van der Waals surface area contributed by atoms with Crippen LogP contribution in [0.4, 0.5) is 5.69 Å². The lowest BCUT2D eigenvalue weighted by Crippen LogP contribution is -2.32. The summed E-state index contributed by atoms with van der Waals surface area (Å²) >= 11 is 23.3. The summed E-state index contributed by atoms with van der Waals surface area (Å²) in [6.45, 7) is -0.209. The molecule has 4 nitrogen and oxygen atoms in total. The van der Waals surface area contributed by atoms with Crippen molar-refractivity contribution in [1.82, 2.24) is 5.32 Å². The summed E-state index contributed by atoms with van der Waals surface area (Å²) in [6, 6.07) is 9.13. The molecule has 0 spiro atoms. The van der Waals surface area contributed by atoms with Crippen LogP contribution in [0.3, 0.4) is 0 Å². The van der Waals surface area contributed by atoms with Gasteiger partial charge in [0.1, 0.15) is 0 Å². The van der Waals surface area contributed by atoms with Crippen LogP contribution in [0.1, 0.15) is 10.4 Å². The number of carbonyl (C=O) groups is 2. The summed E-state index contributed by atoms with van der Waals surface area (Å²) in [7, 11) is 0. The summed E-state index contributed by atoms with van der Waals surface area (Å²) in [4.78, 5) is 23.7. The van der Waals surface area contributed by atoms with Crippen molar-refractivity contribution in [1.29, 1.82) is 0 Å². The van der Waals surface area contributed by atoms with Gasteiger partial charge in [0.05, 0.1) is 26.6 Å². The van der Waals surface area contributed by atoms with Crippen molar-refractivity contribution in [2.75, 3.05) is 11.9 Å². The molecule has 8 heteroatoms. The minimum absolute atomic E-state index is 0.209. The Balaban J connectivity index is 1.91. The van der Waals surface area contributed by atoms with Crippen molar-refractivity contribution in [2.24, 2.45) is 0 Å². The largest absolute Gasteiger partial charge is 0.343 e. The van der Waals surface area contributed by atoms with Gasteiger partial charge < -0.3 is 10.6 Å². The molecule has 0 radical (unpaired) electrons. The Morgan fingerprint density at radius 2 is 1.43 bits per heavy atom. The highest BCUT2D eigenvalue weighted by molar-refractivity contribution is 6.42. The Bertz CT molecular complexity index is 765. The topological polar surface area (TPSA) is 58.2 Å². The smallest absolute Gasteiger partial charge is 0.251 e. The zero-order chi connectivity index (χ0) is 17.0. The van der Waals surface area contributed by atoms with E-state index in [1.807, 2.05) is 0 Å². The lowest BCUT2D eigenvalue weighted by Gasteiger charge is -2.08. The van der Waals surface area contributed by atoms with Crippen molar-refractivity contribution < 1.29 is 9.59 Å². The summed E-state index contributed by atoms with van der Waals surface area (Å²) in [6.07, 6.45) is 0. The number of anilines is 1. The van der Waals surface area contributed by atoms with E-state index in [0.29, 0.717) is 26.3 Å². The van der Waals surface area contributed by atoms with Gasteiger partial charge in [-0.3, -0.25) is 9.59 Å².